The van der Waals surface area contributed by atoms with Crippen molar-refractivity contribution >= 4 is 21.5 Å². The van der Waals surface area contributed by atoms with Crippen LogP contribution >= 0.6 is 11.3 Å². The molecule has 17 heavy (non-hydrogen) atoms. The molecule has 1 aromatic heterocycles. The summed E-state index contributed by atoms with van der Waals surface area (Å²) in [6.45, 7) is 1.48. The van der Waals surface area contributed by atoms with Gasteiger partial charge in [0.25, 0.3) is 10.1 Å². The topological polar surface area (TPSA) is 82.1 Å². The Bertz CT molecular complexity index is 424. The van der Waals surface area contributed by atoms with Crippen molar-refractivity contribution in [2.45, 2.75) is 4.90 Å². The maximum absolute atomic E-state index is 10.9. The lowest BCUT2D eigenvalue weighted by Gasteiger charge is -2.06. The van der Waals surface area contributed by atoms with Gasteiger partial charge in [-0.1, -0.05) is 0 Å². The highest BCUT2D eigenvalue weighted by atomic mass is 32.2. The highest BCUT2D eigenvalue weighted by molar-refractivity contribution is 7.86. The average molecular weight is 282 g/mol. The second kappa shape index (κ2) is 6.92. The Balaban J connectivity index is 2.35. The Hall–Kier alpha value is -0.670. The summed E-state index contributed by atoms with van der Waals surface area (Å²) >= 11 is 1.14. The minimum Gasteiger partial charge on any atom is -0.489 e. The van der Waals surface area contributed by atoms with Crippen molar-refractivity contribution in [1.82, 2.24) is 0 Å². The summed E-state index contributed by atoms with van der Waals surface area (Å²) in [5, 5.41) is 2.83. The molecule has 0 radical (unpaired) electrons. The van der Waals surface area contributed by atoms with Crippen molar-refractivity contribution in [1.29, 1.82) is 0 Å². The molecule has 0 saturated carbocycles. The van der Waals surface area contributed by atoms with Gasteiger partial charge in [0.15, 0.2) is 5.75 Å². The minimum absolute atomic E-state index is 0.146. The second-order valence-corrected chi connectivity index (χ2v) is 5.16. The van der Waals surface area contributed by atoms with Crippen molar-refractivity contribution in [3.63, 3.8) is 0 Å². The maximum Gasteiger partial charge on any atom is 0.299 e. The summed E-state index contributed by atoms with van der Waals surface area (Å²) < 4.78 is 45.8. The fourth-order valence-corrected chi connectivity index (χ4v) is 2.75. The molecule has 0 saturated heterocycles. The van der Waals surface area contributed by atoms with Gasteiger partial charge in [0.05, 0.1) is 19.8 Å². The molecule has 0 bridgehead atoms. The largest absolute Gasteiger partial charge is 0.489 e. The van der Waals surface area contributed by atoms with E-state index in [0.29, 0.717) is 19.8 Å². The first-order valence-electron chi connectivity index (χ1n) is 4.79. The lowest BCUT2D eigenvalue weighted by molar-refractivity contribution is 0.0540. The summed E-state index contributed by atoms with van der Waals surface area (Å²) in [6.07, 6.45) is 0. The Kier molecular flexibility index (Phi) is 5.86. The molecular formula is C9H14O6S2. The molecule has 1 aromatic rings. The van der Waals surface area contributed by atoms with Crippen LogP contribution in [-0.4, -0.2) is 46.5 Å². The van der Waals surface area contributed by atoms with Crippen molar-refractivity contribution < 1.29 is 27.2 Å². The zero-order chi connectivity index (χ0) is 12.7. The van der Waals surface area contributed by atoms with Gasteiger partial charge in [-0.05, 0) is 0 Å². The van der Waals surface area contributed by atoms with Crippen LogP contribution in [0.15, 0.2) is 15.7 Å². The number of ether oxygens (including phenoxy) is 3. The van der Waals surface area contributed by atoms with Gasteiger partial charge in [0.1, 0.15) is 11.5 Å². The van der Waals surface area contributed by atoms with Crippen molar-refractivity contribution in [2.75, 3.05) is 33.5 Å². The standard InChI is InChI=1S/C9H14O6S2/c1-13-2-3-14-4-5-15-8-6-16-7-9(8)17(10,11)12/h6-7H,2-5H2,1H3,(H,10,11,12). The average Bonchev–Trinajstić information content (AvgIpc) is 2.71. The lowest BCUT2D eigenvalue weighted by Crippen LogP contribution is -2.10. The van der Waals surface area contributed by atoms with Crippen molar-refractivity contribution in [3.8, 4) is 5.75 Å². The third-order valence-electron chi connectivity index (χ3n) is 1.79. The van der Waals surface area contributed by atoms with Gasteiger partial charge in [0, 0.05) is 17.9 Å². The van der Waals surface area contributed by atoms with Gasteiger partial charge in [-0.15, -0.1) is 11.3 Å². The van der Waals surface area contributed by atoms with Gasteiger partial charge in [0.2, 0.25) is 0 Å². The van der Waals surface area contributed by atoms with Gasteiger partial charge in [-0.3, -0.25) is 4.55 Å². The van der Waals surface area contributed by atoms with E-state index in [-0.39, 0.29) is 17.3 Å². The molecule has 6 nitrogen and oxygen atoms in total. The van der Waals surface area contributed by atoms with Crippen molar-refractivity contribution in [2.24, 2.45) is 0 Å². The molecule has 0 spiro atoms. The van der Waals surface area contributed by atoms with E-state index in [1.54, 1.807) is 7.11 Å². The van der Waals surface area contributed by atoms with Crippen LogP contribution in [0.25, 0.3) is 0 Å². The number of methoxy groups -OCH3 is 1. The monoisotopic (exact) mass is 282 g/mol. The van der Waals surface area contributed by atoms with E-state index < -0.39 is 10.1 Å². The molecule has 0 aliphatic heterocycles. The molecular weight excluding hydrogens is 268 g/mol. The number of hydrogen-bond acceptors (Lipinski definition) is 6. The molecule has 98 valence electrons. The fraction of sp³-hybridized carbons (Fsp3) is 0.556. The first kappa shape index (κ1) is 14.4. The Morgan fingerprint density at radius 3 is 2.59 bits per heavy atom. The zero-order valence-electron chi connectivity index (χ0n) is 9.29. The Morgan fingerprint density at radius 1 is 1.24 bits per heavy atom. The molecule has 1 rings (SSSR count). The highest BCUT2D eigenvalue weighted by Gasteiger charge is 2.17. The SMILES string of the molecule is COCCOCCOc1cscc1S(=O)(=O)O. The van der Waals surface area contributed by atoms with E-state index in [4.69, 9.17) is 18.8 Å². The molecule has 0 unspecified atom stereocenters. The molecule has 0 aliphatic carbocycles. The third-order valence-corrected chi connectivity index (χ3v) is 3.53. The lowest BCUT2D eigenvalue weighted by atomic mass is 10.6. The van der Waals surface area contributed by atoms with Crippen molar-refractivity contribution in [3.05, 3.63) is 10.8 Å². The van der Waals surface area contributed by atoms with E-state index in [1.165, 1.54) is 10.8 Å². The van der Waals surface area contributed by atoms with Crippen LogP contribution in [0.2, 0.25) is 0 Å². The Morgan fingerprint density at radius 2 is 1.94 bits per heavy atom. The maximum atomic E-state index is 10.9. The molecule has 0 amide bonds. The first-order chi connectivity index (χ1) is 8.05. The van der Waals surface area contributed by atoms with E-state index in [0.717, 1.165) is 11.3 Å². The van der Waals surface area contributed by atoms with Gasteiger partial charge in [-0.2, -0.15) is 8.42 Å². The summed E-state index contributed by atoms with van der Waals surface area (Å²) in [7, 11) is -2.64. The van der Waals surface area contributed by atoms with Crippen LogP contribution < -0.4 is 4.74 Å². The molecule has 0 aromatic carbocycles. The van der Waals surface area contributed by atoms with Crippen LogP contribution in [0.3, 0.4) is 0 Å². The van der Waals surface area contributed by atoms with Gasteiger partial charge < -0.3 is 14.2 Å². The minimum atomic E-state index is -4.22. The number of rotatable bonds is 8. The van der Waals surface area contributed by atoms with E-state index in [1.807, 2.05) is 0 Å². The quantitative estimate of drug-likeness (QED) is 0.566. The highest BCUT2D eigenvalue weighted by Crippen LogP contribution is 2.27. The molecule has 8 heteroatoms. The summed E-state index contributed by atoms with van der Waals surface area (Å²) in [5.74, 6) is 0.146. The van der Waals surface area contributed by atoms with Crippen LogP contribution in [0, 0.1) is 0 Å². The zero-order valence-corrected chi connectivity index (χ0v) is 10.9. The molecule has 0 fully saturated rings. The predicted molar refractivity (Wildman–Crippen MR) is 62.3 cm³/mol. The molecule has 1 N–H and O–H groups in total. The second-order valence-electron chi connectivity index (χ2n) is 3.03. The third kappa shape index (κ3) is 5.00. The predicted octanol–water partition coefficient (Wildman–Crippen LogP) is 1.04. The van der Waals surface area contributed by atoms with Crippen LogP contribution in [0.1, 0.15) is 0 Å². The molecule has 0 atom stereocenters. The summed E-state index contributed by atoms with van der Waals surface area (Å²) in [5.41, 5.74) is 0. The fourth-order valence-electron chi connectivity index (χ4n) is 1.02. The van der Waals surface area contributed by atoms with Crippen LogP contribution in [0.5, 0.6) is 5.75 Å². The summed E-state index contributed by atoms with van der Waals surface area (Å²) in [4.78, 5) is -0.209. The Labute approximate surface area is 104 Å². The first-order valence-corrected chi connectivity index (χ1v) is 7.17. The van der Waals surface area contributed by atoms with E-state index in [9.17, 15) is 8.42 Å². The normalized spacial score (nSPS) is 11.6. The van der Waals surface area contributed by atoms with E-state index in [2.05, 4.69) is 0 Å². The summed E-state index contributed by atoms with van der Waals surface area (Å²) in [6, 6.07) is 0. The van der Waals surface area contributed by atoms with Gasteiger partial charge >= 0.3 is 0 Å². The number of hydrogen-bond donors (Lipinski definition) is 1. The number of thiophene rings is 1. The molecule has 1 heterocycles. The smallest absolute Gasteiger partial charge is 0.299 e. The van der Waals surface area contributed by atoms with Gasteiger partial charge in [-0.25, -0.2) is 0 Å². The van der Waals surface area contributed by atoms with Crippen LogP contribution in [-0.2, 0) is 19.6 Å². The van der Waals surface area contributed by atoms with E-state index >= 15 is 0 Å². The van der Waals surface area contributed by atoms with Crippen LogP contribution in [0.4, 0.5) is 0 Å². The molecule has 0 aliphatic rings.